The van der Waals surface area contributed by atoms with Crippen LogP contribution in [-0.4, -0.2) is 61.1 Å². The van der Waals surface area contributed by atoms with Crippen molar-refractivity contribution in [2.45, 2.75) is 58.9 Å². The molecule has 0 saturated carbocycles. The summed E-state index contributed by atoms with van der Waals surface area (Å²) >= 11 is 0. The molecule has 130 valence electrons. The lowest BCUT2D eigenvalue weighted by atomic mass is 9.93. The zero-order valence-electron chi connectivity index (χ0n) is 15.1. The van der Waals surface area contributed by atoms with Crippen LogP contribution in [0.4, 0.5) is 0 Å². The lowest BCUT2D eigenvalue weighted by Gasteiger charge is -2.41. The lowest BCUT2D eigenvalue weighted by molar-refractivity contribution is 0.0977. The van der Waals surface area contributed by atoms with Crippen LogP contribution in [0.1, 0.15) is 53.4 Å². The zero-order chi connectivity index (χ0) is 15.5. The number of nitrogens with one attached hydrogen (secondary N) is 1. The Morgan fingerprint density at radius 2 is 1.77 bits per heavy atom. The lowest BCUT2D eigenvalue weighted by Crippen LogP contribution is -2.55. The Kier molecular flexibility index (Phi) is 7.43. The number of halogens is 1. The first-order valence-electron chi connectivity index (χ1n) is 8.55. The molecule has 0 aromatic heterocycles. The Labute approximate surface area is 154 Å². The van der Waals surface area contributed by atoms with E-state index in [2.05, 4.69) is 47.8 Å². The summed E-state index contributed by atoms with van der Waals surface area (Å²) in [4.78, 5) is 9.54. The molecule has 2 fully saturated rings. The van der Waals surface area contributed by atoms with Crippen molar-refractivity contribution in [2.24, 2.45) is 10.4 Å². The SMILES string of the molecule is CN=C(NCC(C)(C)N1CCCCC1)N1CCC(C)(C)C1.I. The maximum absolute atomic E-state index is 4.50. The van der Waals surface area contributed by atoms with Crippen LogP contribution in [0.15, 0.2) is 4.99 Å². The van der Waals surface area contributed by atoms with Crippen LogP contribution in [-0.2, 0) is 0 Å². The summed E-state index contributed by atoms with van der Waals surface area (Å²) < 4.78 is 0. The standard InChI is InChI=1S/C17H34N4.HI/c1-16(2)9-12-20(14-16)15(18-5)19-13-17(3,4)21-10-7-6-8-11-21;/h6-14H2,1-5H3,(H,18,19);1H. The molecule has 2 aliphatic heterocycles. The van der Waals surface area contributed by atoms with E-state index in [1.54, 1.807) is 0 Å². The molecule has 2 aliphatic rings. The molecule has 5 heteroatoms. The second-order valence-electron chi connectivity index (χ2n) is 8.10. The highest BCUT2D eigenvalue weighted by molar-refractivity contribution is 14.0. The number of piperidine rings is 1. The molecule has 2 rings (SSSR count). The van der Waals surface area contributed by atoms with E-state index in [9.17, 15) is 0 Å². The van der Waals surface area contributed by atoms with Crippen molar-refractivity contribution in [2.75, 3.05) is 39.8 Å². The molecule has 0 atom stereocenters. The average molecular weight is 422 g/mol. The van der Waals surface area contributed by atoms with E-state index in [0.29, 0.717) is 5.41 Å². The van der Waals surface area contributed by atoms with Gasteiger partial charge in [0.15, 0.2) is 5.96 Å². The predicted molar refractivity (Wildman–Crippen MR) is 106 cm³/mol. The normalized spacial score (nSPS) is 23.3. The van der Waals surface area contributed by atoms with E-state index in [0.717, 1.165) is 25.6 Å². The third-order valence-corrected chi connectivity index (χ3v) is 5.08. The topological polar surface area (TPSA) is 30.9 Å². The zero-order valence-corrected chi connectivity index (χ0v) is 17.4. The van der Waals surface area contributed by atoms with Gasteiger partial charge in [-0.3, -0.25) is 9.89 Å². The summed E-state index contributed by atoms with van der Waals surface area (Å²) in [7, 11) is 1.90. The number of hydrogen-bond donors (Lipinski definition) is 1. The molecule has 4 nitrogen and oxygen atoms in total. The highest BCUT2D eigenvalue weighted by atomic mass is 127. The molecule has 0 aromatic rings. The van der Waals surface area contributed by atoms with Gasteiger partial charge in [0.25, 0.3) is 0 Å². The van der Waals surface area contributed by atoms with Gasteiger partial charge in [-0.1, -0.05) is 20.3 Å². The van der Waals surface area contributed by atoms with Gasteiger partial charge in [-0.25, -0.2) is 0 Å². The second-order valence-corrected chi connectivity index (χ2v) is 8.10. The maximum atomic E-state index is 4.50. The molecular weight excluding hydrogens is 387 g/mol. The van der Waals surface area contributed by atoms with Crippen LogP contribution in [0.3, 0.4) is 0 Å². The molecule has 22 heavy (non-hydrogen) atoms. The van der Waals surface area contributed by atoms with Crippen molar-refractivity contribution in [3.8, 4) is 0 Å². The van der Waals surface area contributed by atoms with Crippen molar-refractivity contribution in [1.82, 2.24) is 15.1 Å². The second kappa shape index (κ2) is 8.18. The molecule has 1 N–H and O–H groups in total. The van der Waals surface area contributed by atoms with E-state index in [-0.39, 0.29) is 29.5 Å². The molecule has 0 radical (unpaired) electrons. The third-order valence-electron chi connectivity index (χ3n) is 5.08. The summed E-state index contributed by atoms with van der Waals surface area (Å²) in [6.07, 6.45) is 5.34. The Balaban J connectivity index is 0.00000242. The number of guanidine groups is 1. The van der Waals surface area contributed by atoms with Crippen LogP contribution < -0.4 is 5.32 Å². The maximum Gasteiger partial charge on any atom is 0.193 e. The van der Waals surface area contributed by atoms with E-state index < -0.39 is 0 Å². The van der Waals surface area contributed by atoms with Gasteiger partial charge >= 0.3 is 0 Å². The number of likely N-dealkylation sites (tertiary alicyclic amines) is 2. The summed E-state index contributed by atoms with van der Waals surface area (Å²) in [6.45, 7) is 15.1. The quantitative estimate of drug-likeness (QED) is 0.431. The minimum atomic E-state index is 0. The smallest absolute Gasteiger partial charge is 0.193 e. The molecule has 2 heterocycles. The van der Waals surface area contributed by atoms with Crippen molar-refractivity contribution >= 4 is 29.9 Å². The summed E-state index contributed by atoms with van der Waals surface area (Å²) in [5.41, 5.74) is 0.617. The van der Waals surface area contributed by atoms with E-state index in [1.165, 1.54) is 38.8 Å². The molecule has 0 aromatic carbocycles. The first kappa shape index (κ1) is 20.0. The molecule has 0 amide bonds. The minimum absolute atomic E-state index is 0. The summed E-state index contributed by atoms with van der Waals surface area (Å²) in [5, 5.41) is 3.62. The van der Waals surface area contributed by atoms with Crippen LogP contribution in [0.2, 0.25) is 0 Å². The Morgan fingerprint density at radius 3 is 2.27 bits per heavy atom. The van der Waals surface area contributed by atoms with E-state index in [4.69, 9.17) is 0 Å². The third kappa shape index (κ3) is 5.25. The highest BCUT2D eigenvalue weighted by Gasteiger charge is 2.32. The number of rotatable bonds is 3. The van der Waals surface area contributed by atoms with E-state index in [1.807, 2.05) is 7.05 Å². The fraction of sp³-hybridized carbons (Fsp3) is 0.941. The molecule has 0 aliphatic carbocycles. The van der Waals surface area contributed by atoms with Crippen LogP contribution in [0, 0.1) is 5.41 Å². The molecule has 0 bridgehead atoms. The van der Waals surface area contributed by atoms with Gasteiger partial charge in [-0.15, -0.1) is 24.0 Å². The van der Waals surface area contributed by atoms with Crippen LogP contribution in [0.25, 0.3) is 0 Å². The summed E-state index contributed by atoms with van der Waals surface area (Å²) in [5.74, 6) is 1.07. The fourth-order valence-electron chi connectivity index (χ4n) is 3.53. The number of nitrogens with zero attached hydrogens (tertiary/aromatic N) is 3. The monoisotopic (exact) mass is 422 g/mol. The molecule has 0 spiro atoms. The number of hydrogen-bond acceptors (Lipinski definition) is 2. The van der Waals surface area contributed by atoms with E-state index >= 15 is 0 Å². The molecule has 0 unspecified atom stereocenters. The summed E-state index contributed by atoms with van der Waals surface area (Å²) in [6, 6.07) is 0. The minimum Gasteiger partial charge on any atom is -0.354 e. The highest BCUT2D eigenvalue weighted by Crippen LogP contribution is 2.28. The predicted octanol–water partition coefficient (Wildman–Crippen LogP) is 3.18. The van der Waals surface area contributed by atoms with Crippen molar-refractivity contribution in [3.63, 3.8) is 0 Å². The van der Waals surface area contributed by atoms with Crippen LogP contribution in [0.5, 0.6) is 0 Å². The largest absolute Gasteiger partial charge is 0.354 e. The van der Waals surface area contributed by atoms with Gasteiger partial charge in [0.2, 0.25) is 0 Å². The Bertz CT molecular complexity index is 373. The number of aliphatic imine (C=N–C) groups is 1. The van der Waals surface area contributed by atoms with Gasteiger partial charge in [0, 0.05) is 32.2 Å². The van der Waals surface area contributed by atoms with Crippen molar-refractivity contribution < 1.29 is 0 Å². The van der Waals surface area contributed by atoms with Crippen molar-refractivity contribution in [3.05, 3.63) is 0 Å². The van der Waals surface area contributed by atoms with Gasteiger partial charge in [-0.05, 0) is 51.6 Å². The van der Waals surface area contributed by atoms with Gasteiger partial charge in [0.1, 0.15) is 0 Å². The fourth-order valence-corrected chi connectivity index (χ4v) is 3.53. The molecular formula is C17H35IN4. The average Bonchev–Trinajstić information content (AvgIpc) is 2.81. The molecule has 2 saturated heterocycles. The van der Waals surface area contributed by atoms with Gasteiger partial charge in [0.05, 0.1) is 0 Å². The van der Waals surface area contributed by atoms with Gasteiger partial charge < -0.3 is 10.2 Å². The Hall–Kier alpha value is -0.0400. The van der Waals surface area contributed by atoms with Gasteiger partial charge in [-0.2, -0.15) is 0 Å². The first-order chi connectivity index (χ1) is 9.84. The first-order valence-corrected chi connectivity index (χ1v) is 8.55. The van der Waals surface area contributed by atoms with Crippen LogP contribution >= 0.6 is 24.0 Å². The van der Waals surface area contributed by atoms with Crippen molar-refractivity contribution in [1.29, 1.82) is 0 Å². The Morgan fingerprint density at radius 1 is 1.14 bits per heavy atom.